The SMILES string of the molecule is O=C(Nc1ccc2c(c1)OC(F)(F)O2)c1ccccc1-c1ccc(OC(F)(F)F)cc1. The van der Waals surface area contributed by atoms with Crippen LogP contribution < -0.4 is 19.5 Å². The van der Waals surface area contributed by atoms with E-state index in [0.29, 0.717) is 11.1 Å². The Balaban J connectivity index is 1.56. The van der Waals surface area contributed by atoms with Crippen LogP contribution in [0, 0.1) is 0 Å². The predicted molar refractivity (Wildman–Crippen MR) is 99.2 cm³/mol. The van der Waals surface area contributed by atoms with Crippen LogP contribution in [-0.2, 0) is 0 Å². The number of rotatable bonds is 4. The van der Waals surface area contributed by atoms with Crippen LogP contribution in [0.1, 0.15) is 10.4 Å². The van der Waals surface area contributed by atoms with Gasteiger partial charge in [0.15, 0.2) is 11.5 Å². The molecule has 0 spiro atoms. The monoisotopic (exact) mass is 437 g/mol. The van der Waals surface area contributed by atoms with Crippen molar-refractivity contribution in [2.24, 2.45) is 0 Å². The number of hydrogen-bond acceptors (Lipinski definition) is 4. The minimum atomic E-state index is -4.81. The molecule has 0 fully saturated rings. The molecule has 1 aliphatic rings. The molecule has 10 heteroatoms. The fourth-order valence-corrected chi connectivity index (χ4v) is 2.99. The molecular weight excluding hydrogens is 425 g/mol. The molecule has 4 rings (SSSR count). The number of hydrogen-bond donors (Lipinski definition) is 1. The predicted octanol–water partition coefficient (Wildman–Crippen LogP) is 5.83. The quantitative estimate of drug-likeness (QED) is 0.522. The number of amides is 1. The Hall–Kier alpha value is -3.82. The second-order valence-electron chi connectivity index (χ2n) is 6.40. The molecule has 0 bridgehead atoms. The third-order valence-electron chi connectivity index (χ3n) is 4.23. The fourth-order valence-electron chi connectivity index (χ4n) is 2.99. The van der Waals surface area contributed by atoms with Gasteiger partial charge in [-0.2, -0.15) is 0 Å². The molecule has 0 aromatic heterocycles. The van der Waals surface area contributed by atoms with Gasteiger partial charge in [-0.1, -0.05) is 30.3 Å². The molecular formula is C21H12F5NO4. The summed E-state index contributed by atoms with van der Waals surface area (Å²) < 4.78 is 75.8. The third-order valence-corrected chi connectivity index (χ3v) is 4.23. The fraction of sp³-hybridized carbons (Fsp3) is 0.0952. The van der Waals surface area contributed by atoms with Crippen molar-refractivity contribution in [3.63, 3.8) is 0 Å². The molecule has 160 valence electrons. The Labute approximate surface area is 172 Å². The smallest absolute Gasteiger partial charge is 0.406 e. The van der Waals surface area contributed by atoms with E-state index in [1.54, 1.807) is 18.2 Å². The number of ether oxygens (including phenoxy) is 3. The van der Waals surface area contributed by atoms with Gasteiger partial charge >= 0.3 is 12.7 Å². The Morgan fingerprint density at radius 3 is 2.29 bits per heavy atom. The van der Waals surface area contributed by atoms with Crippen molar-refractivity contribution in [3.8, 4) is 28.4 Å². The first-order chi connectivity index (χ1) is 14.6. The Morgan fingerprint density at radius 1 is 0.903 bits per heavy atom. The largest absolute Gasteiger partial charge is 0.586 e. The number of fused-ring (bicyclic) bond motifs is 1. The van der Waals surface area contributed by atoms with Crippen LogP contribution in [0.5, 0.6) is 17.2 Å². The van der Waals surface area contributed by atoms with E-state index in [9.17, 15) is 26.7 Å². The van der Waals surface area contributed by atoms with Crippen molar-refractivity contribution < 1.29 is 41.0 Å². The minimum Gasteiger partial charge on any atom is -0.406 e. The molecule has 1 N–H and O–H groups in total. The van der Waals surface area contributed by atoms with Crippen molar-refractivity contribution in [1.29, 1.82) is 0 Å². The summed E-state index contributed by atoms with van der Waals surface area (Å²) in [5.74, 6) is -1.34. The van der Waals surface area contributed by atoms with Gasteiger partial charge in [0.05, 0.1) is 0 Å². The van der Waals surface area contributed by atoms with Crippen LogP contribution in [-0.4, -0.2) is 18.6 Å². The summed E-state index contributed by atoms with van der Waals surface area (Å²) >= 11 is 0. The van der Waals surface area contributed by atoms with E-state index in [1.807, 2.05) is 0 Å². The van der Waals surface area contributed by atoms with Crippen LogP contribution >= 0.6 is 0 Å². The molecule has 5 nitrogen and oxygen atoms in total. The molecule has 0 radical (unpaired) electrons. The summed E-state index contributed by atoms with van der Waals surface area (Å²) in [7, 11) is 0. The van der Waals surface area contributed by atoms with Crippen LogP contribution in [0.3, 0.4) is 0 Å². The molecule has 31 heavy (non-hydrogen) atoms. The first kappa shape index (κ1) is 20.5. The Morgan fingerprint density at radius 2 is 1.58 bits per heavy atom. The van der Waals surface area contributed by atoms with Gasteiger partial charge < -0.3 is 19.5 Å². The maximum atomic E-state index is 13.2. The van der Waals surface area contributed by atoms with E-state index in [0.717, 1.165) is 12.1 Å². The van der Waals surface area contributed by atoms with Gasteiger partial charge in [0.1, 0.15) is 5.75 Å². The summed E-state index contributed by atoms with van der Waals surface area (Å²) in [4.78, 5) is 12.8. The summed E-state index contributed by atoms with van der Waals surface area (Å²) in [6.45, 7) is 0. The molecule has 0 atom stereocenters. The van der Waals surface area contributed by atoms with Gasteiger partial charge in [0.25, 0.3) is 5.91 Å². The lowest BCUT2D eigenvalue weighted by Gasteiger charge is -2.12. The van der Waals surface area contributed by atoms with Crippen molar-refractivity contribution in [1.82, 2.24) is 0 Å². The number of carbonyl (C=O) groups is 1. The molecule has 0 unspecified atom stereocenters. The summed E-state index contributed by atoms with van der Waals surface area (Å²) in [5, 5.41) is 2.58. The van der Waals surface area contributed by atoms with Crippen molar-refractivity contribution >= 4 is 11.6 Å². The average molecular weight is 437 g/mol. The van der Waals surface area contributed by atoms with Crippen LogP contribution in [0.25, 0.3) is 11.1 Å². The van der Waals surface area contributed by atoms with E-state index in [4.69, 9.17) is 0 Å². The van der Waals surface area contributed by atoms with E-state index >= 15 is 0 Å². The topological polar surface area (TPSA) is 56.8 Å². The molecule has 0 saturated heterocycles. The standard InChI is InChI=1S/C21H12F5NO4/c22-20(23,24)29-14-8-5-12(6-9-14)15-3-1-2-4-16(15)19(28)27-13-7-10-17-18(11-13)31-21(25,26)30-17/h1-11H,(H,27,28). The van der Waals surface area contributed by atoms with E-state index in [1.165, 1.54) is 36.4 Å². The highest BCUT2D eigenvalue weighted by molar-refractivity contribution is 6.08. The molecule has 1 aliphatic heterocycles. The van der Waals surface area contributed by atoms with E-state index in [2.05, 4.69) is 19.5 Å². The maximum Gasteiger partial charge on any atom is 0.586 e. The Bertz CT molecular complexity index is 1130. The lowest BCUT2D eigenvalue weighted by atomic mass is 9.99. The Kier molecular flexibility index (Phi) is 4.92. The van der Waals surface area contributed by atoms with E-state index < -0.39 is 24.3 Å². The van der Waals surface area contributed by atoms with Crippen molar-refractivity contribution in [2.75, 3.05) is 5.32 Å². The first-order valence-corrected chi connectivity index (χ1v) is 8.76. The van der Waals surface area contributed by atoms with Gasteiger partial charge in [-0.25, -0.2) is 0 Å². The van der Waals surface area contributed by atoms with Crippen LogP contribution in [0.4, 0.5) is 27.6 Å². The zero-order valence-electron chi connectivity index (χ0n) is 15.4. The summed E-state index contributed by atoms with van der Waals surface area (Å²) in [5.41, 5.74) is 1.33. The summed E-state index contributed by atoms with van der Waals surface area (Å²) in [6, 6.07) is 15.2. The van der Waals surface area contributed by atoms with E-state index in [-0.39, 0.29) is 22.7 Å². The minimum absolute atomic E-state index is 0.162. The zero-order chi connectivity index (χ0) is 22.2. The maximum absolute atomic E-state index is 13.2. The molecule has 3 aromatic rings. The normalized spacial score (nSPS) is 14.2. The number of halogens is 5. The second-order valence-corrected chi connectivity index (χ2v) is 6.40. The van der Waals surface area contributed by atoms with Gasteiger partial charge in [0, 0.05) is 17.3 Å². The number of carbonyl (C=O) groups excluding carboxylic acids is 1. The highest BCUT2D eigenvalue weighted by atomic mass is 19.4. The van der Waals surface area contributed by atoms with Crippen LogP contribution in [0.2, 0.25) is 0 Å². The number of nitrogens with one attached hydrogen (secondary N) is 1. The highest BCUT2D eigenvalue weighted by Crippen LogP contribution is 2.42. The second kappa shape index (κ2) is 7.46. The summed E-state index contributed by atoms with van der Waals surface area (Å²) in [6.07, 6.45) is -8.59. The number of benzene rings is 3. The molecule has 0 aliphatic carbocycles. The van der Waals surface area contributed by atoms with Gasteiger partial charge in [-0.15, -0.1) is 22.0 Å². The molecule has 1 heterocycles. The lowest BCUT2D eigenvalue weighted by Crippen LogP contribution is -2.25. The highest BCUT2D eigenvalue weighted by Gasteiger charge is 2.43. The van der Waals surface area contributed by atoms with Gasteiger partial charge in [-0.3, -0.25) is 4.79 Å². The molecule has 1 amide bonds. The average Bonchev–Trinajstić information content (AvgIpc) is 3.00. The van der Waals surface area contributed by atoms with Crippen molar-refractivity contribution in [3.05, 3.63) is 72.3 Å². The van der Waals surface area contributed by atoms with Gasteiger partial charge in [0.2, 0.25) is 0 Å². The zero-order valence-corrected chi connectivity index (χ0v) is 15.4. The molecule has 3 aromatic carbocycles. The molecule has 0 saturated carbocycles. The lowest BCUT2D eigenvalue weighted by molar-refractivity contribution is -0.286. The third kappa shape index (κ3) is 4.68. The van der Waals surface area contributed by atoms with Crippen LogP contribution in [0.15, 0.2) is 66.7 Å². The first-order valence-electron chi connectivity index (χ1n) is 8.76. The van der Waals surface area contributed by atoms with Gasteiger partial charge in [-0.05, 0) is 41.5 Å². The number of alkyl halides is 5. The van der Waals surface area contributed by atoms with Crippen molar-refractivity contribution in [2.45, 2.75) is 12.7 Å². The number of anilines is 1.